The summed E-state index contributed by atoms with van der Waals surface area (Å²) in [6.07, 6.45) is 3.10. The summed E-state index contributed by atoms with van der Waals surface area (Å²) in [4.78, 5) is 12.0. The van der Waals surface area contributed by atoms with Gasteiger partial charge in [-0.05, 0) is 32.1 Å². The topological polar surface area (TPSA) is 50.1 Å². The molecule has 98 valence electrons. The number of nitrogens with zero attached hydrogens (tertiary/aromatic N) is 1. The quantitative estimate of drug-likeness (QED) is 0.503. The summed E-state index contributed by atoms with van der Waals surface area (Å²) in [7, 11) is 0. The summed E-state index contributed by atoms with van der Waals surface area (Å²) in [5, 5.41) is 8.40. The first kappa shape index (κ1) is 16.0. The number of hydrogen-bond donors (Lipinski definition) is 0. The lowest BCUT2D eigenvalue weighted by atomic mass is 9.65. The molecule has 0 unspecified atom stereocenters. The Kier molecular flexibility index (Phi) is 6.23. The molecule has 0 rings (SSSR count). The fourth-order valence-electron chi connectivity index (χ4n) is 1.71. The van der Waals surface area contributed by atoms with Crippen LogP contribution in [0.4, 0.5) is 0 Å². The summed E-state index contributed by atoms with van der Waals surface area (Å²) in [5.74, 6) is -0.158. The smallest absolute Gasteiger partial charge is 0.312 e. The first-order valence-corrected chi connectivity index (χ1v) is 6.33. The second-order valence-electron chi connectivity index (χ2n) is 5.66. The molecule has 0 aliphatic rings. The molecule has 0 bridgehead atoms. The predicted octanol–water partition coefficient (Wildman–Crippen LogP) is 3.69. The molecule has 3 nitrogen and oxygen atoms in total. The van der Waals surface area contributed by atoms with Gasteiger partial charge in [0.2, 0.25) is 0 Å². The maximum atomic E-state index is 12.0. The Morgan fingerprint density at radius 3 is 2.35 bits per heavy atom. The normalized spacial score (nSPS) is 12.0. The van der Waals surface area contributed by atoms with Crippen LogP contribution in [0.1, 0.15) is 60.3 Å². The van der Waals surface area contributed by atoms with E-state index in [0.717, 1.165) is 12.8 Å². The minimum absolute atomic E-state index is 0.0753. The minimum atomic E-state index is -0.490. The van der Waals surface area contributed by atoms with Gasteiger partial charge in [0.25, 0.3) is 0 Å². The van der Waals surface area contributed by atoms with Crippen LogP contribution in [0, 0.1) is 22.2 Å². The number of unbranched alkanes of at least 4 members (excludes halogenated alkanes) is 1. The molecule has 0 spiro atoms. The predicted molar refractivity (Wildman–Crippen MR) is 68.3 cm³/mol. The van der Waals surface area contributed by atoms with Crippen LogP contribution in [0.3, 0.4) is 0 Å². The van der Waals surface area contributed by atoms with Crippen LogP contribution in [0.2, 0.25) is 0 Å². The SMILES string of the molecule is CCCC(C)(C)C(C)(C)C(=O)OCCCC#N. The van der Waals surface area contributed by atoms with Crippen molar-refractivity contribution in [2.24, 2.45) is 10.8 Å². The summed E-state index contributed by atoms with van der Waals surface area (Å²) >= 11 is 0. The van der Waals surface area contributed by atoms with Crippen molar-refractivity contribution in [2.75, 3.05) is 6.61 Å². The van der Waals surface area contributed by atoms with Crippen molar-refractivity contribution in [3.8, 4) is 6.07 Å². The molecular formula is C14H25NO2. The number of nitriles is 1. The molecule has 0 amide bonds. The van der Waals surface area contributed by atoms with Gasteiger partial charge >= 0.3 is 5.97 Å². The first-order valence-electron chi connectivity index (χ1n) is 6.33. The number of carbonyl (C=O) groups excluding carboxylic acids is 1. The average molecular weight is 239 g/mol. The molecule has 3 heteroatoms. The second-order valence-corrected chi connectivity index (χ2v) is 5.66. The van der Waals surface area contributed by atoms with Gasteiger partial charge in [-0.2, -0.15) is 5.26 Å². The lowest BCUT2D eigenvalue weighted by Crippen LogP contribution is -2.41. The van der Waals surface area contributed by atoms with E-state index in [1.54, 1.807) is 0 Å². The van der Waals surface area contributed by atoms with E-state index in [4.69, 9.17) is 10.00 Å². The third-order valence-corrected chi connectivity index (χ3v) is 3.74. The molecule has 0 aromatic carbocycles. The zero-order valence-electron chi connectivity index (χ0n) is 11.8. The highest BCUT2D eigenvalue weighted by atomic mass is 16.5. The molecule has 0 atom stereocenters. The van der Waals surface area contributed by atoms with Gasteiger partial charge in [-0.3, -0.25) is 4.79 Å². The second kappa shape index (κ2) is 6.64. The van der Waals surface area contributed by atoms with Crippen molar-refractivity contribution in [1.82, 2.24) is 0 Å². The summed E-state index contributed by atoms with van der Waals surface area (Å²) in [6, 6.07) is 2.04. The summed E-state index contributed by atoms with van der Waals surface area (Å²) in [6.45, 7) is 10.6. The van der Waals surface area contributed by atoms with Crippen molar-refractivity contribution in [3.05, 3.63) is 0 Å². The van der Waals surface area contributed by atoms with Crippen molar-refractivity contribution in [1.29, 1.82) is 5.26 Å². The summed E-state index contributed by atoms with van der Waals surface area (Å²) in [5.41, 5.74) is -0.566. The Balaban J connectivity index is 4.39. The van der Waals surface area contributed by atoms with Gasteiger partial charge < -0.3 is 4.74 Å². The lowest BCUT2D eigenvalue weighted by Gasteiger charge is -2.39. The van der Waals surface area contributed by atoms with E-state index >= 15 is 0 Å². The Labute approximate surface area is 105 Å². The first-order chi connectivity index (χ1) is 7.79. The highest BCUT2D eigenvalue weighted by molar-refractivity contribution is 5.76. The molecule has 0 saturated carbocycles. The molecular weight excluding hydrogens is 214 g/mol. The lowest BCUT2D eigenvalue weighted by molar-refractivity contribution is -0.161. The van der Waals surface area contributed by atoms with Crippen LogP contribution in [0.5, 0.6) is 0 Å². The zero-order chi connectivity index (χ0) is 13.5. The van der Waals surface area contributed by atoms with Crippen LogP contribution in [0.25, 0.3) is 0 Å². The van der Waals surface area contributed by atoms with E-state index in [9.17, 15) is 4.79 Å². The van der Waals surface area contributed by atoms with Gasteiger partial charge in [0.1, 0.15) is 0 Å². The van der Waals surface area contributed by atoms with E-state index in [1.807, 2.05) is 19.9 Å². The monoisotopic (exact) mass is 239 g/mol. The summed E-state index contributed by atoms with van der Waals surface area (Å²) < 4.78 is 5.25. The fraction of sp³-hybridized carbons (Fsp3) is 0.857. The Morgan fingerprint density at radius 2 is 1.88 bits per heavy atom. The van der Waals surface area contributed by atoms with Crippen LogP contribution < -0.4 is 0 Å². The molecule has 17 heavy (non-hydrogen) atoms. The van der Waals surface area contributed by atoms with Gasteiger partial charge in [0, 0.05) is 6.42 Å². The average Bonchev–Trinajstić information content (AvgIpc) is 2.23. The number of hydrogen-bond acceptors (Lipinski definition) is 3. The van der Waals surface area contributed by atoms with Crippen molar-refractivity contribution in [2.45, 2.75) is 60.3 Å². The van der Waals surface area contributed by atoms with Gasteiger partial charge in [-0.1, -0.05) is 27.2 Å². The van der Waals surface area contributed by atoms with Crippen molar-refractivity contribution in [3.63, 3.8) is 0 Å². The Morgan fingerprint density at radius 1 is 1.29 bits per heavy atom. The number of ether oxygens (including phenoxy) is 1. The molecule has 0 heterocycles. The van der Waals surface area contributed by atoms with Crippen LogP contribution in [-0.4, -0.2) is 12.6 Å². The van der Waals surface area contributed by atoms with Crippen LogP contribution >= 0.6 is 0 Å². The van der Waals surface area contributed by atoms with E-state index < -0.39 is 5.41 Å². The molecule has 0 aromatic rings. The van der Waals surface area contributed by atoms with E-state index in [0.29, 0.717) is 19.4 Å². The van der Waals surface area contributed by atoms with E-state index in [1.165, 1.54) is 0 Å². The fourth-order valence-corrected chi connectivity index (χ4v) is 1.71. The van der Waals surface area contributed by atoms with Gasteiger partial charge in [0.05, 0.1) is 18.1 Å². The van der Waals surface area contributed by atoms with E-state index in [-0.39, 0.29) is 11.4 Å². The Hall–Kier alpha value is -1.04. The van der Waals surface area contributed by atoms with Crippen LogP contribution in [0.15, 0.2) is 0 Å². The van der Waals surface area contributed by atoms with Crippen LogP contribution in [-0.2, 0) is 9.53 Å². The molecule has 0 fully saturated rings. The van der Waals surface area contributed by atoms with Crippen molar-refractivity contribution < 1.29 is 9.53 Å². The Bertz CT molecular complexity index is 287. The maximum Gasteiger partial charge on any atom is 0.312 e. The largest absolute Gasteiger partial charge is 0.465 e. The van der Waals surface area contributed by atoms with E-state index in [2.05, 4.69) is 20.8 Å². The number of rotatable bonds is 7. The standard InChI is InChI=1S/C14H25NO2/c1-6-9-13(2,3)14(4,5)12(16)17-11-8-7-10-15/h6-9,11H2,1-5H3. The van der Waals surface area contributed by atoms with Gasteiger partial charge in [-0.15, -0.1) is 0 Å². The van der Waals surface area contributed by atoms with Crippen molar-refractivity contribution >= 4 is 5.97 Å². The molecule has 0 aromatic heterocycles. The third-order valence-electron chi connectivity index (χ3n) is 3.74. The minimum Gasteiger partial charge on any atom is -0.465 e. The zero-order valence-corrected chi connectivity index (χ0v) is 11.8. The maximum absolute atomic E-state index is 12.0. The molecule has 0 saturated heterocycles. The highest BCUT2D eigenvalue weighted by Crippen LogP contribution is 2.43. The molecule has 0 aliphatic carbocycles. The number of carbonyl (C=O) groups is 1. The number of esters is 1. The van der Waals surface area contributed by atoms with Gasteiger partial charge in [-0.25, -0.2) is 0 Å². The van der Waals surface area contributed by atoms with Gasteiger partial charge in [0.15, 0.2) is 0 Å². The molecule has 0 aliphatic heterocycles. The highest BCUT2D eigenvalue weighted by Gasteiger charge is 2.43. The third kappa shape index (κ3) is 4.38. The molecule has 0 N–H and O–H groups in total. The molecule has 0 radical (unpaired) electrons.